The largest absolute Gasteiger partial charge is 0.355 e. The van der Waals surface area contributed by atoms with E-state index in [0.717, 1.165) is 45.1 Å². The molecule has 2 saturated heterocycles. The summed E-state index contributed by atoms with van der Waals surface area (Å²) in [6, 6.07) is 3.67. The summed E-state index contributed by atoms with van der Waals surface area (Å²) in [5.74, 6) is 0.693. The van der Waals surface area contributed by atoms with Gasteiger partial charge in [0, 0.05) is 39.3 Å². The Morgan fingerprint density at radius 2 is 1.73 bits per heavy atom. The van der Waals surface area contributed by atoms with Gasteiger partial charge in [-0.15, -0.1) is 10.2 Å². The molecular weight excluding hydrogens is 280 g/mol. The van der Waals surface area contributed by atoms with Crippen LogP contribution in [-0.2, 0) is 0 Å². The van der Waals surface area contributed by atoms with Crippen molar-refractivity contribution in [3.05, 3.63) is 17.8 Å². The summed E-state index contributed by atoms with van der Waals surface area (Å²) in [4.78, 5) is 16.7. The molecule has 1 aromatic rings. The van der Waals surface area contributed by atoms with E-state index in [9.17, 15) is 4.79 Å². The number of hydrazine groups is 1. The van der Waals surface area contributed by atoms with Gasteiger partial charge in [0.05, 0.1) is 0 Å². The van der Waals surface area contributed by atoms with E-state index in [1.807, 2.05) is 11.1 Å². The topological polar surface area (TPSA) is 64.6 Å². The summed E-state index contributed by atoms with van der Waals surface area (Å²) >= 11 is 0. The minimum atomic E-state index is -0.178. The molecule has 1 amide bonds. The van der Waals surface area contributed by atoms with Crippen LogP contribution in [0.4, 0.5) is 5.82 Å². The molecule has 3 heterocycles. The number of likely N-dealkylation sites (N-methyl/N-ethyl adjacent to an activating group) is 1. The Hall–Kier alpha value is -1.73. The molecule has 0 radical (unpaired) electrons. The van der Waals surface area contributed by atoms with Gasteiger partial charge in [-0.1, -0.05) is 0 Å². The average molecular weight is 304 g/mol. The molecule has 0 aromatic carbocycles. The van der Waals surface area contributed by atoms with Gasteiger partial charge in [-0.25, -0.2) is 5.01 Å². The number of amides is 1. The fourth-order valence-corrected chi connectivity index (χ4v) is 2.86. The number of nitrogens with one attached hydrogen (secondary N) is 1. The molecule has 2 fully saturated rings. The number of rotatable bonds is 3. The molecule has 0 saturated carbocycles. The lowest BCUT2D eigenvalue weighted by atomic mass is 10.1. The molecule has 0 spiro atoms. The molecule has 7 nitrogen and oxygen atoms in total. The summed E-state index contributed by atoms with van der Waals surface area (Å²) in [6.45, 7) is 5.64. The van der Waals surface area contributed by atoms with E-state index in [2.05, 4.69) is 32.5 Å². The van der Waals surface area contributed by atoms with Gasteiger partial charge in [0.25, 0.3) is 5.91 Å². The number of hydrogen-bond donors (Lipinski definition) is 1. The smallest absolute Gasteiger partial charge is 0.286 e. The lowest BCUT2D eigenvalue weighted by Crippen LogP contribution is -2.52. The van der Waals surface area contributed by atoms with Crippen molar-refractivity contribution in [2.24, 2.45) is 0 Å². The van der Waals surface area contributed by atoms with Crippen molar-refractivity contribution in [2.75, 3.05) is 51.2 Å². The monoisotopic (exact) mass is 304 g/mol. The number of anilines is 1. The molecule has 0 bridgehead atoms. The van der Waals surface area contributed by atoms with Gasteiger partial charge in [0.1, 0.15) is 0 Å². The number of piperidine rings is 1. The molecule has 120 valence electrons. The van der Waals surface area contributed by atoms with Gasteiger partial charge in [-0.05, 0) is 38.4 Å². The normalized spacial score (nSPS) is 20.9. The Morgan fingerprint density at radius 1 is 1.00 bits per heavy atom. The van der Waals surface area contributed by atoms with Crippen LogP contribution in [0, 0.1) is 0 Å². The van der Waals surface area contributed by atoms with E-state index < -0.39 is 0 Å². The van der Waals surface area contributed by atoms with Crippen LogP contribution < -0.4 is 10.3 Å². The zero-order valence-electron chi connectivity index (χ0n) is 13.2. The van der Waals surface area contributed by atoms with E-state index in [4.69, 9.17) is 0 Å². The van der Waals surface area contributed by atoms with Crippen LogP contribution in [0.1, 0.15) is 29.8 Å². The molecule has 1 N–H and O–H groups in total. The summed E-state index contributed by atoms with van der Waals surface area (Å²) in [7, 11) is 2.09. The molecule has 0 unspecified atom stereocenters. The molecule has 0 atom stereocenters. The van der Waals surface area contributed by atoms with Crippen molar-refractivity contribution in [3.63, 3.8) is 0 Å². The highest BCUT2D eigenvalue weighted by Gasteiger charge is 2.18. The van der Waals surface area contributed by atoms with E-state index in [-0.39, 0.29) is 5.91 Å². The van der Waals surface area contributed by atoms with Gasteiger partial charge in [0.15, 0.2) is 11.5 Å². The fourth-order valence-electron chi connectivity index (χ4n) is 2.86. The van der Waals surface area contributed by atoms with Crippen LogP contribution in [-0.4, -0.2) is 72.3 Å². The van der Waals surface area contributed by atoms with Gasteiger partial charge >= 0.3 is 0 Å². The number of carbonyl (C=O) groups excluding carboxylic acids is 1. The van der Waals surface area contributed by atoms with Crippen molar-refractivity contribution in [1.29, 1.82) is 0 Å². The molecule has 3 rings (SSSR count). The Morgan fingerprint density at radius 3 is 2.36 bits per heavy atom. The number of carbonyl (C=O) groups is 1. The van der Waals surface area contributed by atoms with Crippen molar-refractivity contribution in [3.8, 4) is 0 Å². The third-order valence-corrected chi connectivity index (χ3v) is 4.33. The first-order chi connectivity index (χ1) is 10.7. The lowest BCUT2D eigenvalue weighted by molar-refractivity contribution is 0.0657. The molecule has 1 aromatic heterocycles. The molecular formula is C15H24N6O. The number of aromatic nitrogens is 2. The van der Waals surface area contributed by atoms with E-state index in [1.54, 1.807) is 6.07 Å². The minimum absolute atomic E-state index is 0.178. The van der Waals surface area contributed by atoms with Crippen molar-refractivity contribution in [1.82, 2.24) is 25.5 Å². The van der Waals surface area contributed by atoms with E-state index in [1.165, 1.54) is 19.3 Å². The highest BCUT2D eigenvalue weighted by atomic mass is 16.2. The van der Waals surface area contributed by atoms with Crippen LogP contribution in [0.3, 0.4) is 0 Å². The molecule has 2 aliphatic rings. The Bertz CT molecular complexity index is 491. The van der Waals surface area contributed by atoms with Crippen molar-refractivity contribution >= 4 is 11.7 Å². The predicted octanol–water partition coefficient (Wildman–Crippen LogP) is 0.359. The van der Waals surface area contributed by atoms with Gasteiger partial charge < -0.3 is 9.80 Å². The second-order valence-corrected chi connectivity index (χ2v) is 6.06. The van der Waals surface area contributed by atoms with Crippen LogP contribution >= 0.6 is 0 Å². The standard InChI is InChI=1S/C15H24N6O/c1-19-9-11-21(12-10-19)18-15(22)13-5-6-14(17-16-13)20-7-3-2-4-8-20/h5-6H,2-4,7-12H2,1H3,(H,18,22). The Balaban J connectivity index is 1.56. The zero-order chi connectivity index (χ0) is 15.4. The van der Waals surface area contributed by atoms with Crippen LogP contribution in [0.25, 0.3) is 0 Å². The maximum Gasteiger partial charge on any atom is 0.286 e. The SMILES string of the molecule is CN1CCN(NC(=O)c2ccc(N3CCCCC3)nn2)CC1. The lowest BCUT2D eigenvalue weighted by Gasteiger charge is -2.32. The van der Waals surface area contributed by atoms with Crippen LogP contribution in [0.2, 0.25) is 0 Å². The highest BCUT2D eigenvalue weighted by molar-refractivity contribution is 5.91. The van der Waals surface area contributed by atoms with Crippen LogP contribution in [0.5, 0.6) is 0 Å². The molecule has 7 heteroatoms. The summed E-state index contributed by atoms with van der Waals surface area (Å²) in [5.41, 5.74) is 3.28. The second-order valence-electron chi connectivity index (χ2n) is 6.06. The van der Waals surface area contributed by atoms with Crippen LogP contribution in [0.15, 0.2) is 12.1 Å². The highest BCUT2D eigenvalue weighted by Crippen LogP contribution is 2.16. The first-order valence-corrected chi connectivity index (χ1v) is 8.05. The maximum absolute atomic E-state index is 12.2. The summed E-state index contributed by atoms with van der Waals surface area (Å²) in [5, 5.41) is 10.3. The predicted molar refractivity (Wildman–Crippen MR) is 84.6 cm³/mol. The fraction of sp³-hybridized carbons (Fsp3) is 0.667. The van der Waals surface area contributed by atoms with E-state index >= 15 is 0 Å². The minimum Gasteiger partial charge on any atom is -0.355 e. The first kappa shape index (κ1) is 15.2. The van der Waals surface area contributed by atoms with Gasteiger partial charge in [-0.2, -0.15) is 0 Å². The maximum atomic E-state index is 12.2. The summed E-state index contributed by atoms with van der Waals surface area (Å²) in [6.07, 6.45) is 3.69. The van der Waals surface area contributed by atoms with E-state index in [0.29, 0.717) is 5.69 Å². The van der Waals surface area contributed by atoms with Gasteiger partial charge in [-0.3, -0.25) is 10.2 Å². The third-order valence-electron chi connectivity index (χ3n) is 4.33. The number of nitrogens with zero attached hydrogens (tertiary/aromatic N) is 5. The number of hydrogen-bond acceptors (Lipinski definition) is 6. The first-order valence-electron chi connectivity index (χ1n) is 8.05. The van der Waals surface area contributed by atoms with Crippen molar-refractivity contribution in [2.45, 2.75) is 19.3 Å². The second kappa shape index (κ2) is 7.02. The average Bonchev–Trinajstić information content (AvgIpc) is 2.58. The third kappa shape index (κ3) is 3.72. The summed E-state index contributed by atoms with van der Waals surface area (Å²) < 4.78 is 0. The zero-order valence-corrected chi connectivity index (χ0v) is 13.2. The Labute approximate surface area is 131 Å². The quantitative estimate of drug-likeness (QED) is 0.870. The molecule has 22 heavy (non-hydrogen) atoms. The number of piperazine rings is 1. The van der Waals surface area contributed by atoms with Crippen molar-refractivity contribution < 1.29 is 4.79 Å². The van der Waals surface area contributed by atoms with Gasteiger partial charge in [0.2, 0.25) is 0 Å². The molecule has 2 aliphatic heterocycles. The molecule has 0 aliphatic carbocycles. The Kier molecular flexibility index (Phi) is 4.84.